The van der Waals surface area contributed by atoms with Gasteiger partial charge in [-0.1, -0.05) is 6.07 Å². The quantitative estimate of drug-likeness (QED) is 0.905. The summed E-state index contributed by atoms with van der Waals surface area (Å²) >= 11 is 0. The number of H-pyrrole nitrogens is 1. The molecule has 0 aliphatic carbocycles. The highest BCUT2D eigenvalue weighted by Gasteiger charge is 2.18. The summed E-state index contributed by atoms with van der Waals surface area (Å²) in [6.07, 6.45) is 2.99. The van der Waals surface area contributed by atoms with E-state index in [0.29, 0.717) is 18.9 Å². The molecular weight excluding hydrogens is 256 g/mol. The zero-order valence-electron chi connectivity index (χ0n) is 11.5. The molecule has 2 heterocycles. The van der Waals surface area contributed by atoms with Gasteiger partial charge in [0.25, 0.3) is 11.5 Å². The number of hydrogen-bond donors (Lipinski definition) is 1. The van der Waals surface area contributed by atoms with Crippen molar-refractivity contribution in [3.63, 3.8) is 0 Å². The summed E-state index contributed by atoms with van der Waals surface area (Å²) in [6.45, 7) is 4.38. The van der Waals surface area contributed by atoms with Gasteiger partial charge in [-0.3, -0.25) is 14.6 Å². The van der Waals surface area contributed by atoms with Gasteiger partial charge in [0, 0.05) is 18.9 Å². The standard InChI is InChI=1S/C14H16N4O2/c1-3-18(9-11-6-4-5-7-15-11)14(20)12-8-16-10(2)17-13(12)19/h4-8H,3,9H2,1-2H3,(H,16,17,19). The number of aromatic nitrogens is 3. The average Bonchev–Trinajstić information content (AvgIpc) is 2.45. The van der Waals surface area contributed by atoms with Gasteiger partial charge < -0.3 is 9.88 Å². The van der Waals surface area contributed by atoms with Crippen molar-refractivity contribution in [1.29, 1.82) is 0 Å². The van der Waals surface area contributed by atoms with Gasteiger partial charge in [-0.05, 0) is 26.0 Å². The van der Waals surface area contributed by atoms with E-state index in [1.807, 2.05) is 25.1 Å². The van der Waals surface area contributed by atoms with Crippen LogP contribution >= 0.6 is 0 Å². The first-order valence-corrected chi connectivity index (χ1v) is 6.37. The second kappa shape index (κ2) is 6.10. The molecule has 6 nitrogen and oxygen atoms in total. The van der Waals surface area contributed by atoms with Crippen LogP contribution in [-0.4, -0.2) is 32.3 Å². The van der Waals surface area contributed by atoms with Crippen LogP contribution in [0.4, 0.5) is 0 Å². The topological polar surface area (TPSA) is 79.0 Å². The van der Waals surface area contributed by atoms with Gasteiger partial charge in [0.05, 0.1) is 12.2 Å². The Bertz CT molecular complexity index is 652. The van der Waals surface area contributed by atoms with E-state index < -0.39 is 5.56 Å². The third-order valence-corrected chi connectivity index (χ3v) is 2.90. The monoisotopic (exact) mass is 272 g/mol. The van der Waals surface area contributed by atoms with Crippen LogP contribution in [-0.2, 0) is 6.54 Å². The largest absolute Gasteiger partial charge is 0.333 e. The van der Waals surface area contributed by atoms with Crippen molar-refractivity contribution in [2.24, 2.45) is 0 Å². The average molecular weight is 272 g/mol. The molecule has 0 aliphatic rings. The minimum absolute atomic E-state index is 0.0494. The molecular formula is C14H16N4O2. The third kappa shape index (κ3) is 3.09. The maximum absolute atomic E-state index is 12.4. The summed E-state index contributed by atoms with van der Waals surface area (Å²) in [4.78, 5) is 36.4. The van der Waals surface area contributed by atoms with Gasteiger partial charge in [-0.2, -0.15) is 0 Å². The number of carbonyl (C=O) groups is 1. The molecule has 0 bridgehead atoms. The number of carbonyl (C=O) groups excluding carboxylic acids is 1. The predicted octanol–water partition coefficient (Wildman–Crippen LogP) is 1.14. The van der Waals surface area contributed by atoms with Gasteiger partial charge in [0.15, 0.2) is 0 Å². The molecule has 20 heavy (non-hydrogen) atoms. The molecule has 2 aromatic rings. The Morgan fingerprint density at radius 1 is 1.35 bits per heavy atom. The van der Waals surface area contributed by atoms with E-state index in [4.69, 9.17) is 0 Å². The van der Waals surface area contributed by atoms with E-state index in [0.717, 1.165) is 5.69 Å². The van der Waals surface area contributed by atoms with Crippen LogP contribution in [0.5, 0.6) is 0 Å². The fraction of sp³-hybridized carbons (Fsp3) is 0.286. The zero-order valence-corrected chi connectivity index (χ0v) is 11.5. The van der Waals surface area contributed by atoms with Gasteiger partial charge in [-0.25, -0.2) is 4.98 Å². The summed E-state index contributed by atoms with van der Waals surface area (Å²) in [6, 6.07) is 5.52. The number of hydrogen-bond acceptors (Lipinski definition) is 4. The Hall–Kier alpha value is -2.50. The number of rotatable bonds is 4. The molecule has 0 saturated heterocycles. The molecule has 0 spiro atoms. The Kier molecular flexibility index (Phi) is 4.24. The number of amides is 1. The summed E-state index contributed by atoms with van der Waals surface area (Å²) in [7, 11) is 0. The molecule has 0 aliphatic heterocycles. The molecule has 0 unspecified atom stereocenters. The number of nitrogens with one attached hydrogen (secondary N) is 1. The van der Waals surface area contributed by atoms with Crippen LogP contribution < -0.4 is 5.56 Å². The van der Waals surface area contributed by atoms with E-state index in [1.54, 1.807) is 18.0 Å². The van der Waals surface area contributed by atoms with Crippen molar-refractivity contribution >= 4 is 5.91 Å². The van der Waals surface area contributed by atoms with Crippen LogP contribution in [0, 0.1) is 6.92 Å². The molecule has 6 heteroatoms. The maximum Gasteiger partial charge on any atom is 0.263 e. The number of aryl methyl sites for hydroxylation is 1. The molecule has 1 N–H and O–H groups in total. The highest BCUT2D eigenvalue weighted by Crippen LogP contribution is 2.05. The third-order valence-electron chi connectivity index (χ3n) is 2.90. The number of pyridine rings is 1. The van der Waals surface area contributed by atoms with Crippen LogP contribution in [0.3, 0.4) is 0 Å². The normalized spacial score (nSPS) is 10.3. The predicted molar refractivity (Wildman–Crippen MR) is 74.2 cm³/mol. The van der Waals surface area contributed by atoms with Crippen molar-refractivity contribution in [2.75, 3.05) is 6.54 Å². The lowest BCUT2D eigenvalue weighted by Crippen LogP contribution is -2.34. The summed E-state index contributed by atoms with van der Waals surface area (Å²) in [5, 5.41) is 0. The molecule has 1 amide bonds. The smallest absolute Gasteiger partial charge is 0.263 e. The van der Waals surface area contributed by atoms with E-state index in [1.165, 1.54) is 6.20 Å². The van der Waals surface area contributed by atoms with Gasteiger partial charge in [0.2, 0.25) is 0 Å². The van der Waals surface area contributed by atoms with Crippen molar-refractivity contribution in [2.45, 2.75) is 20.4 Å². The van der Waals surface area contributed by atoms with Gasteiger partial charge in [0.1, 0.15) is 11.4 Å². The van der Waals surface area contributed by atoms with Crippen LogP contribution in [0.25, 0.3) is 0 Å². The van der Waals surface area contributed by atoms with Crippen LogP contribution in [0.15, 0.2) is 35.4 Å². The minimum Gasteiger partial charge on any atom is -0.333 e. The first kappa shape index (κ1) is 13.9. The SMILES string of the molecule is CCN(Cc1ccccn1)C(=O)c1cnc(C)[nH]c1=O. The van der Waals surface area contributed by atoms with Crippen molar-refractivity contribution in [3.05, 3.63) is 58.0 Å². The van der Waals surface area contributed by atoms with Gasteiger partial charge >= 0.3 is 0 Å². The first-order valence-electron chi connectivity index (χ1n) is 6.37. The zero-order chi connectivity index (χ0) is 14.5. The molecule has 104 valence electrons. The summed E-state index contributed by atoms with van der Waals surface area (Å²) < 4.78 is 0. The Balaban J connectivity index is 2.23. The lowest BCUT2D eigenvalue weighted by molar-refractivity contribution is 0.0748. The van der Waals surface area contributed by atoms with Crippen molar-refractivity contribution in [3.8, 4) is 0 Å². The summed E-state index contributed by atoms with van der Waals surface area (Å²) in [5.41, 5.74) is 0.412. The molecule has 0 saturated carbocycles. The van der Waals surface area contributed by atoms with Gasteiger partial charge in [-0.15, -0.1) is 0 Å². The Morgan fingerprint density at radius 3 is 2.75 bits per heavy atom. The van der Waals surface area contributed by atoms with Crippen molar-refractivity contribution < 1.29 is 4.79 Å². The fourth-order valence-corrected chi connectivity index (χ4v) is 1.82. The Morgan fingerprint density at radius 2 is 2.15 bits per heavy atom. The van der Waals surface area contributed by atoms with Crippen LogP contribution in [0.1, 0.15) is 28.8 Å². The molecule has 2 rings (SSSR count). The number of nitrogens with zero attached hydrogens (tertiary/aromatic N) is 3. The van der Waals surface area contributed by atoms with E-state index in [2.05, 4.69) is 15.0 Å². The molecule has 0 radical (unpaired) electrons. The molecule has 0 atom stereocenters. The van der Waals surface area contributed by atoms with E-state index >= 15 is 0 Å². The second-order valence-electron chi connectivity index (χ2n) is 4.35. The minimum atomic E-state index is -0.415. The van der Waals surface area contributed by atoms with Crippen molar-refractivity contribution in [1.82, 2.24) is 19.9 Å². The highest BCUT2D eigenvalue weighted by atomic mass is 16.2. The Labute approximate surface area is 116 Å². The maximum atomic E-state index is 12.4. The van der Waals surface area contributed by atoms with Crippen LogP contribution in [0.2, 0.25) is 0 Å². The van der Waals surface area contributed by atoms with E-state index in [9.17, 15) is 9.59 Å². The lowest BCUT2D eigenvalue weighted by Gasteiger charge is -2.19. The first-order chi connectivity index (χ1) is 9.61. The summed E-state index contributed by atoms with van der Waals surface area (Å²) in [5.74, 6) is 0.145. The number of aromatic amines is 1. The van der Waals surface area contributed by atoms with E-state index in [-0.39, 0.29) is 11.5 Å². The highest BCUT2D eigenvalue weighted by molar-refractivity contribution is 5.93. The lowest BCUT2D eigenvalue weighted by atomic mass is 10.2. The molecule has 0 fully saturated rings. The molecule has 0 aromatic carbocycles. The second-order valence-corrected chi connectivity index (χ2v) is 4.35. The molecule has 2 aromatic heterocycles. The fourth-order valence-electron chi connectivity index (χ4n) is 1.82.